The number of nitrogens with zero attached hydrogens (tertiary/aromatic N) is 4. The minimum atomic E-state index is -0.680. The topological polar surface area (TPSA) is 125 Å². The summed E-state index contributed by atoms with van der Waals surface area (Å²) in [5.74, 6) is 1.24. The fourth-order valence-electron chi connectivity index (χ4n) is 4.52. The number of rotatable bonds is 8. The van der Waals surface area contributed by atoms with Gasteiger partial charge in [-0.25, -0.2) is 0 Å². The predicted molar refractivity (Wildman–Crippen MR) is 139 cm³/mol. The van der Waals surface area contributed by atoms with Gasteiger partial charge in [-0.15, -0.1) is 0 Å². The molecule has 4 rings (SSSR count). The fraction of sp³-hybridized carbons (Fsp3) is 0.429. The van der Waals surface area contributed by atoms with Crippen LogP contribution < -0.4 is 10.1 Å². The maximum absolute atomic E-state index is 12.7. The molecule has 0 atom stereocenters. The van der Waals surface area contributed by atoms with Crippen molar-refractivity contribution in [2.45, 2.75) is 52.2 Å². The van der Waals surface area contributed by atoms with E-state index in [0.29, 0.717) is 28.6 Å². The zero-order valence-corrected chi connectivity index (χ0v) is 21.7. The van der Waals surface area contributed by atoms with E-state index in [4.69, 9.17) is 14.4 Å². The van der Waals surface area contributed by atoms with Crippen molar-refractivity contribution in [2.24, 2.45) is 0 Å². The van der Waals surface area contributed by atoms with Crippen molar-refractivity contribution in [3.63, 3.8) is 0 Å². The fourth-order valence-corrected chi connectivity index (χ4v) is 4.52. The second-order valence-corrected chi connectivity index (χ2v) is 9.92. The number of hydrogen-bond donors (Lipinski definition) is 2. The minimum absolute atomic E-state index is 0.0391. The van der Waals surface area contributed by atoms with E-state index >= 15 is 0 Å². The lowest BCUT2D eigenvalue weighted by atomic mass is 10.00. The van der Waals surface area contributed by atoms with Crippen molar-refractivity contribution in [2.75, 3.05) is 26.2 Å². The second-order valence-electron chi connectivity index (χ2n) is 9.92. The van der Waals surface area contributed by atoms with Gasteiger partial charge in [0.1, 0.15) is 11.8 Å². The van der Waals surface area contributed by atoms with Gasteiger partial charge >= 0.3 is 0 Å². The van der Waals surface area contributed by atoms with Crippen LogP contribution in [-0.4, -0.2) is 63.9 Å². The Morgan fingerprint density at radius 3 is 2.62 bits per heavy atom. The Hall–Kier alpha value is -3.74. The van der Waals surface area contributed by atoms with E-state index in [0.717, 1.165) is 31.5 Å². The van der Waals surface area contributed by atoms with E-state index < -0.39 is 5.54 Å². The summed E-state index contributed by atoms with van der Waals surface area (Å²) in [4.78, 5) is 19.4. The number of ether oxygens (including phenoxy) is 1. The monoisotopic (exact) mass is 503 g/mol. The van der Waals surface area contributed by atoms with Crippen LogP contribution in [0.1, 0.15) is 44.4 Å². The molecule has 3 aromatic rings. The van der Waals surface area contributed by atoms with Gasteiger partial charge < -0.3 is 19.7 Å². The van der Waals surface area contributed by atoms with Gasteiger partial charge in [0.05, 0.1) is 23.8 Å². The molecule has 9 nitrogen and oxygen atoms in total. The summed E-state index contributed by atoms with van der Waals surface area (Å²) in [5, 5.41) is 25.5. The first-order valence-electron chi connectivity index (χ1n) is 12.5. The number of aromatic nitrogens is 2. The molecule has 0 saturated carbocycles. The van der Waals surface area contributed by atoms with Crippen LogP contribution in [0.2, 0.25) is 0 Å². The third kappa shape index (κ3) is 5.82. The quantitative estimate of drug-likeness (QED) is 0.480. The van der Waals surface area contributed by atoms with Gasteiger partial charge in [-0.3, -0.25) is 9.69 Å². The Kier molecular flexibility index (Phi) is 7.91. The Morgan fingerprint density at radius 1 is 1.19 bits per heavy atom. The molecule has 1 aliphatic rings. The van der Waals surface area contributed by atoms with Crippen LogP contribution >= 0.6 is 0 Å². The normalized spacial score (nSPS) is 14.1. The number of aliphatic hydroxyl groups is 1. The van der Waals surface area contributed by atoms with Crippen LogP contribution in [0.5, 0.6) is 5.75 Å². The molecule has 0 fully saturated rings. The average Bonchev–Trinajstić information content (AvgIpc) is 3.27. The smallest absolute Gasteiger partial charge is 0.258 e. The van der Waals surface area contributed by atoms with E-state index in [1.807, 2.05) is 33.8 Å². The Morgan fingerprint density at radius 2 is 1.92 bits per heavy atom. The number of nitrogens with one attached hydrogen (secondary N) is 1. The van der Waals surface area contributed by atoms with Crippen LogP contribution in [0.3, 0.4) is 0 Å². The molecule has 1 aliphatic heterocycles. The second kappa shape index (κ2) is 11.1. The molecule has 9 heteroatoms. The first kappa shape index (κ1) is 26.3. The van der Waals surface area contributed by atoms with Gasteiger partial charge in [0.2, 0.25) is 11.7 Å². The highest BCUT2D eigenvalue weighted by Gasteiger charge is 2.35. The zero-order valence-electron chi connectivity index (χ0n) is 21.7. The van der Waals surface area contributed by atoms with Gasteiger partial charge in [0.15, 0.2) is 0 Å². The van der Waals surface area contributed by atoms with Crippen molar-refractivity contribution in [1.29, 1.82) is 5.26 Å². The summed E-state index contributed by atoms with van der Waals surface area (Å²) in [6.07, 6.45) is 1.57. The van der Waals surface area contributed by atoms with E-state index in [1.54, 1.807) is 18.2 Å². The number of carbonyl (C=O) groups is 1. The lowest BCUT2D eigenvalue weighted by Crippen LogP contribution is -2.56. The molecule has 2 heterocycles. The maximum Gasteiger partial charge on any atom is 0.258 e. The van der Waals surface area contributed by atoms with Gasteiger partial charge in [0, 0.05) is 30.8 Å². The van der Waals surface area contributed by atoms with Crippen LogP contribution in [0.15, 0.2) is 40.9 Å². The summed E-state index contributed by atoms with van der Waals surface area (Å²) >= 11 is 0. The number of carbonyl (C=O) groups excluding carboxylic acids is 1. The standard InChI is InChI=1S/C28H33N5O4/c1-18(2)36-24-8-7-22(16-23(24)17-29)26-31-25(32-37-26)21-6-5-19-9-12-33(13-10-20(19)15-21)28(3,4)27(35)30-11-14-34/h5-8,15-16,18,34H,9-14H2,1-4H3,(H,30,35). The summed E-state index contributed by atoms with van der Waals surface area (Å²) in [6, 6.07) is 13.6. The molecular weight excluding hydrogens is 470 g/mol. The van der Waals surface area contributed by atoms with Crippen molar-refractivity contribution >= 4 is 5.91 Å². The number of aliphatic hydroxyl groups excluding tert-OH is 1. The molecule has 0 aliphatic carbocycles. The third-order valence-electron chi connectivity index (χ3n) is 6.65. The van der Waals surface area contributed by atoms with Crippen LogP contribution in [0, 0.1) is 11.3 Å². The Labute approximate surface area is 217 Å². The van der Waals surface area contributed by atoms with E-state index in [-0.39, 0.29) is 25.2 Å². The van der Waals surface area contributed by atoms with E-state index in [1.165, 1.54) is 11.1 Å². The number of nitriles is 1. The number of benzene rings is 2. The molecule has 194 valence electrons. The maximum atomic E-state index is 12.7. The molecule has 0 spiro atoms. The minimum Gasteiger partial charge on any atom is -0.490 e. The molecule has 0 bridgehead atoms. The molecule has 2 aromatic carbocycles. The molecular formula is C28H33N5O4. The van der Waals surface area contributed by atoms with E-state index in [9.17, 15) is 10.1 Å². The highest BCUT2D eigenvalue weighted by atomic mass is 16.5. The third-order valence-corrected chi connectivity index (χ3v) is 6.65. The molecule has 37 heavy (non-hydrogen) atoms. The number of hydrogen-bond acceptors (Lipinski definition) is 8. The van der Waals surface area contributed by atoms with Gasteiger partial charge in [-0.2, -0.15) is 10.2 Å². The van der Waals surface area contributed by atoms with Crippen LogP contribution in [0.25, 0.3) is 22.8 Å². The van der Waals surface area contributed by atoms with Crippen LogP contribution in [0.4, 0.5) is 0 Å². The molecule has 2 N–H and O–H groups in total. The van der Waals surface area contributed by atoms with Crippen molar-refractivity contribution in [1.82, 2.24) is 20.4 Å². The SMILES string of the molecule is CC(C)Oc1ccc(-c2nc(-c3ccc4c(c3)CCN(C(C)(C)C(=O)NCCO)CC4)no2)cc1C#N. The highest BCUT2D eigenvalue weighted by molar-refractivity contribution is 5.85. The molecule has 1 aromatic heterocycles. The molecule has 0 radical (unpaired) electrons. The summed E-state index contributed by atoms with van der Waals surface area (Å²) in [6.45, 7) is 9.32. The lowest BCUT2D eigenvalue weighted by Gasteiger charge is -2.36. The molecule has 1 amide bonds. The number of amides is 1. The van der Waals surface area contributed by atoms with Crippen molar-refractivity contribution in [3.05, 3.63) is 53.1 Å². The Balaban J connectivity index is 1.51. The van der Waals surface area contributed by atoms with Gasteiger partial charge in [-0.05, 0) is 75.9 Å². The number of fused-ring (bicyclic) bond motifs is 1. The Bertz CT molecular complexity index is 1310. The molecule has 0 unspecified atom stereocenters. The summed E-state index contributed by atoms with van der Waals surface area (Å²) < 4.78 is 11.2. The van der Waals surface area contributed by atoms with Crippen LogP contribution in [-0.2, 0) is 17.6 Å². The first-order valence-corrected chi connectivity index (χ1v) is 12.5. The predicted octanol–water partition coefficient (Wildman–Crippen LogP) is 3.35. The van der Waals surface area contributed by atoms with Gasteiger partial charge in [0.25, 0.3) is 5.89 Å². The van der Waals surface area contributed by atoms with Crippen molar-refractivity contribution in [3.8, 4) is 34.7 Å². The summed E-state index contributed by atoms with van der Waals surface area (Å²) in [7, 11) is 0. The van der Waals surface area contributed by atoms with Gasteiger partial charge in [-0.1, -0.05) is 17.3 Å². The van der Waals surface area contributed by atoms with E-state index in [2.05, 4.69) is 38.6 Å². The average molecular weight is 504 g/mol. The van der Waals surface area contributed by atoms with Crippen molar-refractivity contribution < 1.29 is 19.2 Å². The highest BCUT2D eigenvalue weighted by Crippen LogP contribution is 2.30. The summed E-state index contributed by atoms with van der Waals surface area (Å²) in [5.41, 5.74) is 3.66. The zero-order chi connectivity index (χ0) is 26.6. The largest absolute Gasteiger partial charge is 0.490 e. The first-order chi connectivity index (χ1) is 17.7. The lowest BCUT2D eigenvalue weighted by molar-refractivity contribution is -0.131. The molecule has 0 saturated heterocycles.